The molecule has 0 saturated heterocycles. The summed E-state index contributed by atoms with van der Waals surface area (Å²) in [7, 11) is 0. The number of nitrogens with zero attached hydrogens (tertiary/aromatic N) is 2. The van der Waals surface area contributed by atoms with Gasteiger partial charge in [0.1, 0.15) is 0 Å². The van der Waals surface area contributed by atoms with E-state index in [2.05, 4.69) is 97.6 Å². The molecule has 0 atom stereocenters. The van der Waals surface area contributed by atoms with E-state index in [0.717, 1.165) is 51.3 Å². The van der Waals surface area contributed by atoms with Gasteiger partial charge in [0, 0.05) is 50.3 Å². The van der Waals surface area contributed by atoms with E-state index in [0.29, 0.717) is 0 Å². The van der Waals surface area contributed by atoms with Crippen LogP contribution in [0.5, 0.6) is 0 Å². The van der Waals surface area contributed by atoms with Gasteiger partial charge in [-0.2, -0.15) is 0 Å². The molecule has 2 aromatic carbocycles. The number of aromatic nitrogens is 1. The molecule has 1 heterocycles. The summed E-state index contributed by atoms with van der Waals surface area (Å²) in [6.07, 6.45) is 3.98. The number of para-hydroxylation sites is 1. The fraction of sp³-hybridized carbons (Fsp3) is 0.414. The molecule has 36 heavy (non-hydrogen) atoms. The monoisotopic (exact) mass is 661 g/mol. The number of hydrogen-bond acceptors (Lipinski definition) is 4. The van der Waals surface area contributed by atoms with Gasteiger partial charge in [-0.3, -0.25) is 9.88 Å². The zero-order valence-electron chi connectivity index (χ0n) is 22.1. The Hall–Kier alpha value is -1.38. The van der Waals surface area contributed by atoms with Crippen molar-refractivity contribution in [3.63, 3.8) is 0 Å². The Labute approximate surface area is 249 Å². The van der Waals surface area contributed by atoms with Crippen LogP contribution in [0.3, 0.4) is 0 Å². The van der Waals surface area contributed by atoms with Gasteiger partial charge in [0.05, 0.1) is 5.69 Å². The molecule has 0 aliphatic rings. The zero-order chi connectivity index (χ0) is 23.6. The van der Waals surface area contributed by atoms with Gasteiger partial charge < -0.3 is 44.6 Å². The normalized spacial score (nSPS) is 10.2. The number of anilines is 2. The summed E-state index contributed by atoms with van der Waals surface area (Å²) in [6, 6.07) is 17.3. The molecule has 7 heteroatoms. The summed E-state index contributed by atoms with van der Waals surface area (Å²) in [5.74, 6) is 0. The number of benzene rings is 2. The molecule has 0 amide bonds. The van der Waals surface area contributed by atoms with Crippen molar-refractivity contribution in [1.29, 1.82) is 0 Å². The number of pyridine rings is 1. The van der Waals surface area contributed by atoms with E-state index in [1.54, 1.807) is 0 Å². The van der Waals surface area contributed by atoms with E-state index in [1.807, 2.05) is 12.3 Å². The third-order valence-electron chi connectivity index (χ3n) is 6.25. The minimum atomic E-state index is 0. The molecule has 1 radical (unpaired) electrons. The molecule has 0 saturated carbocycles. The van der Waals surface area contributed by atoms with Crippen molar-refractivity contribution < 1.29 is 50.7 Å². The van der Waals surface area contributed by atoms with Crippen molar-refractivity contribution in [2.75, 3.05) is 36.8 Å². The molecule has 1 aromatic heterocycles. The third kappa shape index (κ3) is 10.2. The van der Waals surface area contributed by atoms with Crippen LogP contribution in [0.2, 0.25) is 0 Å². The van der Waals surface area contributed by atoms with Gasteiger partial charge in [-0.15, -0.1) is 0 Å². The number of halogens is 2. The minimum absolute atomic E-state index is 0. The maximum absolute atomic E-state index is 4.56. The summed E-state index contributed by atoms with van der Waals surface area (Å²) in [4.78, 5) is 7.05. The van der Waals surface area contributed by atoms with Crippen molar-refractivity contribution in [2.24, 2.45) is 0 Å². The van der Waals surface area contributed by atoms with Crippen LogP contribution in [0, 0.1) is 20.8 Å². The van der Waals surface area contributed by atoms with Gasteiger partial charge >= 0.3 is 16.8 Å². The molecule has 4 nitrogen and oxygen atoms in total. The molecule has 3 rings (SSSR count). The predicted octanol–water partition coefficient (Wildman–Crippen LogP) is 0.163. The second-order valence-corrected chi connectivity index (χ2v) is 8.88. The summed E-state index contributed by atoms with van der Waals surface area (Å²) in [5.41, 5.74) is 10.4. The Kier molecular flexibility index (Phi) is 17.3. The smallest absolute Gasteiger partial charge is 1.00 e. The predicted molar refractivity (Wildman–Crippen MR) is 142 cm³/mol. The first-order valence-corrected chi connectivity index (χ1v) is 12.3. The van der Waals surface area contributed by atoms with Gasteiger partial charge in [-0.25, -0.2) is 0 Å². The summed E-state index contributed by atoms with van der Waals surface area (Å²) < 4.78 is 0. The Morgan fingerprint density at radius 3 is 1.81 bits per heavy atom. The topological polar surface area (TPSA) is 40.2 Å². The molecule has 0 unspecified atom stereocenters. The molecule has 3 aromatic rings. The van der Waals surface area contributed by atoms with Gasteiger partial charge in [-0.05, 0) is 68.0 Å². The molecule has 199 valence electrons. The van der Waals surface area contributed by atoms with E-state index in [9.17, 15) is 0 Å². The second-order valence-electron chi connectivity index (χ2n) is 8.88. The third-order valence-corrected chi connectivity index (χ3v) is 6.25. The first-order chi connectivity index (χ1) is 16.0. The summed E-state index contributed by atoms with van der Waals surface area (Å²) >= 11 is 0. The fourth-order valence-electron chi connectivity index (χ4n) is 4.60. The Bertz CT molecular complexity index is 986. The van der Waals surface area contributed by atoms with Gasteiger partial charge in [0.15, 0.2) is 0 Å². The fourth-order valence-corrected chi connectivity index (χ4v) is 4.60. The molecule has 2 N–H and O–H groups in total. The van der Waals surface area contributed by atoms with Gasteiger partial charge in [-0.1, -0.05) is 55.8 Å². The number of nitrogens with one attached hydrogen (secondary N) is 2. The average Bonchev–Trinajstić information content (AvgIpc) is 2.81. The van der Waals surface area contributed by atoms with E-state index in [4.69, 9.17) is 0 Å². The maximum atomic E-state index is 4.56. The van der Waals surface area contributed by atoms with Gasteiger partial charge in [0.2, 0.25) is 0 Å². The molecule has 0 aliphatic heterocycles. The van der Waals surface area contributed by atoms with Crippen LogP contribution in [0.1, 0.15) is 47.4 Å². The van der Waals surface area contributed by atoms with E-state index >= 15 is 0 Å². The van der Waals surface area contributed by atoms with E-state index < -0.39 is 0 Å². The largest absolute Gasteiger partial charge is 2.00 e. The summed E-state index contributed by atoms with van der Waals surface area (Å²) in [6.45, 7) is 15.6. The van der Waals surface area contributed by atoms with Crippen LogP contribution in [0.15, 0.2) is 54.7 Å². The molecule has 0 fully saturated rings. The van der Waals surface area contributed by atoms with Crippen molar-refractivity contribution in [3.8, 4) is 0 Å². The van der Waals surface area contributed by atoms with E-state index in [-0.39, 0.29) is 50.7 Å². The average molecular weight is 663 g/mol. The molecule has 0 aliphatic carbocycles. The Balaban J connectivity index is 0.00000408. The second kappa shape index (κ2) is 18.0. The maximum Gasteiger partial charge on any atom is 2.00 e. The van der Waals surface area contributed by atoms with Crippen LogP contribution in [0.25, 0.3) is 0 Å². The first-order valence-electron chi connectivity index (χ1n) is 12.3. The SMILES string of the molecule is CCc1cccc(CC)c1NCCN(CCNc1c(C)cc(C)cc1C)Cc1ccccn1.[Br-].[Br-].[Co+2]. The van der Waals surface area contributed by atoms with Crippen molar-refractivity contribution in [3.05, 3.63) is 88.2 Å². The Morgan fingerprint density at radius 2 is 1.31 bits per heavy atom. The molecule has 0 spiro atoms. The van der Waals surface area contributed by atoms with Crippen LogP contribution < -0.4 is 44.6 Å². The van der Waals surface area contributed by atoms with E-state index in [1.165, 1.54) is 39.2 Å². The first kappa shape index (κ1) is 34.6. The van der Waals surface area contributed by atoms with Gasteiger partial charge in [0.25, 0.3) is 0 Å². The van der Waals surface area contributed by atoms with Crippen molar-refractivity contribution in [1.82, 2.24) is 9.88 Å². The zero-order valence-corrected chi connectivity index (χ0v) is 26.3. The minimum Gasteiger partial charge on any atom is -1.00 e. The summed E-state index contributed by atoms with van der Waals surface area (Å²) in [5, 5.41) is 7.44. The van der Waals surface area contributed by atoms with Crippen molar-refractivity contribution >= 4 is 11.4 Å². The standard InChI is InChI=1S/C29H40N4.2BrH.Co/c1-6-25-11-10-12-26(7-2)29(25)32-16-18-33(21-27-13-8-9-14-30-27)17-15-31-28-23(4)19-22(3)20-24(28)5;;;/h8-14,19-20,31-32H,6-7,15-18,21H2,1-5H3;2*1H;/q;;;+2/p-2. The number of rotatable bonds is 12. The van der Waals surface area contributed by atoms with Crippen LogP contribution in [-0.2, 0) is 36.2 Å². The molecule has 0 bridgehead atoms. The van der Waals surface area contributed by atoms with Crippen LogP contribution in [0.4, 0.5) is 11.4 Å². The molecular weight excluding hydrogens is 623 g/mol. The number of hydrogen-bond donors (Lipinski definition) is 2. The number of aryl methyl sites for hydroxylation is 5. The Morgan fingerprint density at radius 1 is 0.750 bits per heavy atom. The van der Waals surface area contributed by atoms with Crippen LogP contribution >= 0.6 is 0 Å². The van der Waals surface area contributed by atoms with Crippen molar-refractivity contribution in [2.45, 2.75) is 54.0 Å². The molecular formula is C29H40Br2CoN4. The van der Waals surface area contributed by atoms with Crippen LogP contribution in [-0.4, -0.2) is 36.1 Å². The quantitative estimate of drug-likeness (QED) is 0.290.